The quantitative estimate of drug-likeness (QED) is 0.849. The minimum Gasteiger partial charge on any atom is -0.465 e. The summed E-state index contributed by atoms with van der Waals surface area (Å²) in [6.45, 7) is 3.90. The molecule has 1 heterocycles. The summed E-state index contributed by atoms with van der Waals surface area (Å²) in [7, 11) is 1.33. The predicted octanol–water partition coefficient (Wildman–Crippen LogP) is 2.60. The van der Waals surface area contributed by atoms with Crippen molar-refractivity contribution in [3.63, 3.8) is 0 Å². The number of nitrogens with one attached hydrogen (secondary N) is 2. The molecule has 0 aliphatic rings. The van der Waals surface area contributed by atoms with E-state index >= 15 is 0 Å². The second-order valence-electron chi connectivity index (χ2n) is 4.90. The molecule has 2 aromatic rings. The zero-order valence-corrected chi connectivity index (χ0v) is 12.3. The van der Waals surface area contributed by atoms with Crippen LogP contribution in [0.25, 0.3) is 0 Å². The number of carbonyl (C=O) groups excluding carboxylic acids is 2. The number of H-pyrrole nitrogens is 1. The summed E-state index contributed by atoms with van der Waals surface area (Å²) >= 11 is 0. The van der Waals surface area contributed by atoms with Gasteiger partial charge in [0.2, 0.25) is 5.91 Å². The van der Waals surface area contributed by atoms with Crippen molar-refractivity contribution in [1.29, 1.82) is 0 Å². The van der Waals surface area contributed by atoms with E-state index in [4.69, 9.17) is 0 Å². The lowest BCUT2D eigenvalue weighted by Gasteiger charge is -2.06. The van der Waals surface area contributed by atoms with Gasteiger partial charge in [-0.15, -0.1) is 0 Å². The van der Waals surface area contributed by atoms with E-state index in [-0.39, 0.29) is 5.91 Å². The van der Waals surface area contributed by atoms with E-state index in [0.29, 0.717) is 17.7 Å². The number of esters is 1. The molecule has 1 aromatic heterocycles. The van der Waals surface area contributed by atoms with E-state index in [1.165, 1.54) is 7.11 Å². The molecular weight excluding hydrogens is 268 g/mol. The Morgan fingerprint density at radius 3 is 2.38 bits per heavy atom. The highest BCUT2D eigenvalue weighted by molar-refractivity contribution is 5.94. The van der Waals surface area contributed by atoms with Gasteiger partial charge in [-0.05, 0) is 49.7 Å². The van der Waals surface area contributed by atoms with E-state index in [1.54, 1.807) is 24.3 Å². The molecule has 0 saturated heterocycles. The molecule has 2 rings (SSSR count). The topological polar surface area (TPSA) is 71.2 Å². The van der Waals surface area contributed by atoms with Gasteiger partial charge in [0.25, 0.3) is 0 Å². The van der Waals surface area contributed by atoms with Crippen molar-refractivity contribution in [3.8, 4) is 0 Å². The summed E-state index contributed by atoms with van der Waals surface area (Å²) in [5, 5.41) is 2.81. The van der Waals surface area contributed by atoms with Crippen LogP contribution in [-0.2, 0) is 16.0 Å². The van der Waals surface area contributed by atoms with Crippen LogP contribution in [0, 0.1) is 13.8 Å². The van der Waals surface area contributed by atoms with Gasteiger partial charge in [-0.25, -0.2) is 4.79 Å². The Morgan fingerprint density at radius 2 is 1.86 bits per heavy atom. The molecule has 0 aliphatic heterocycles. The molecule has 0 aliphatic carbocycles. The fourth-order valence-corrected chi connectivity index (χ4v) is 2.15. The highest BCUT2D eigenvalue weighted by atomic mass is 16.5. The summed E-state index contributed by atoms with van der Waals surface area (Å²) in [6.07, 6.45) is 0.314. The van der Waals surface area contributed by atoms with Gasteiger partial charge in [-0.2, -0.15) is 0 Å². The first-order valence-corrected chi connectivity index (χ1v) is 6.63. The third-order valence-corrected chi connectivity index (χ3v) is 3.20. The minimum atomic E-state index is -0.397. The van der Waals surface area contributed by atoms with E-state index in [1.807, 2.05) is 19.9 Å². The van der Waals surface area contributed by atoms with Crippen LogP contribution >= 0.6 is 0 Å². The zero-order chi connectivity index (χ0) is 15.4. The number of rotatable bonds is 4. The standard InChI is InChI=1S/C16H18N2O3/c1-10-8-13(11(2)17-10)9-15(19)18-14-6-4-12(5-7-14)16(20)21-3/h4-8,17H,9H2,1-3H3,(H,18,19). The van der Waals surface area contributed by atoms with Gasteiger partial charge in [0, 0.05) is 17.1 Å². The summed E-state index contributed by atoms with van der Waals surface area (Å²) in [6, 6.07) is 8.56. The Morgan fingerprint density at radius 1 is 1.19 bits per heavy atom. The number of aromatic amines is 1. The highest BCUT2D eigenvalue weighted by Gasteiger charge is 2.09. The number of hydrogen-bond donors (Lipinski definition) is 2. The van der Waals surface area contributed by atoms with Gasteiger partial charge in [0.1, 0.15) is 0 Å². The lowest BCUT2D eigenvalue weighted by Crippen LogP contribution is -2.14. The van der Waals surface area contributed by atoms with Crippen molar-refractivity contribution in [2.45, 2.75) is 20.3 Å². The smallest absolute Gasteiger partial charge is 0.337 e. The number of aryl methyl sites for hydroxylation is 2. The van der Waals surface area contributed by atoms with Gasteiger partial charge in [0.05, 0.1) is 19.1 Å². The molecule has 0 unspecified atom stereocenters. The largest absolute Gasteiger partial charge is 0.465 e. The monoisotopic (exact) mass is 286 g/mol. The van der Waals surface area contributed by atoms with E-state index in [9.17, 15) is 9.59 Å². The van der Waals surface area contributed by atoms with Gasteiger partial charge in [-0.3, -0.25) is 4.79 Å². The van der Waals surface area contributed by atoms with Crippen LogP contribution in [0.4, 0.5) is 5.69 Å². The molecule has 0 spiro atoms. The number of anilines is 1. The van der Waals surface area contributed by atoms with Crippen LogP contribution in [0.2, 0.25) is 0 Å². The first kappa shape index (κ1) is 14.8. The lowest BCUT2D eigenvalue weighted by molar-refractivity contribution is -0.115. The molecule has 5 nitrogen and oxygen atoms in total. The lowest BCUT2D eigenvalue weighted by atomic mass is 10.1. The Kier molecular flexibility index (Phi) is 4.42. The average molecular weight is 286 g/mol. The van der Waals surface area contributed by atoms with Crippen molar-refractivity contribution in [1.82, 2.24) is 4.98 Å². The molecular formula is C16H18N2O3. The SMILES string of the molecule is COC(=O)c1ccc(NC(=O)Cc2cc(C)[nH]c2C)cc1. The maximum absolute atomic E-state index is 12.0. The van der Waals surface area contributed by atoms with Crippen LogP contribution in [0.3, 0.4) is 0 Å². The van der Waals surface area contributed by atoms with Crippen LogP contribution < -0.4 is 5.32 Å². The maximum Gasteiger partial charge on any atom is 0.337 e. The number of ether oxygens (including phenoxy) is 1. The molecule has 2 N–H and O–H groups in total. The maximum atomic E-state index is 12.0. The van der Waals surface area contributed by atoms with Crippen LogP contribution in [0.5, 0.6) is 0 Å². The molecule has 1 amide bonds. The Bertz CT molecular complexity index is 657. The fourth-order valence-electron chi connectivity index (χ4n) is 2.15. The molecule has 0 bridgehead atoms. The zero-order valence-electron chi connectivity index (χ0n) is 12.3. The van der Waals surface area contributed by atoms with Crippen LogP contribution in [-0.4, -0.2) is 24.0 Å². The van der Waals surface area contributed by atoms with Gasteiger partial charge < -0.3 is 15.0 Å². The first-order valence-electron chi connectivity index (χ1n) is 6.63. The van der Waals surface area contributed by atoms with E-state index < -0.39 is 5.97 Å². The van der Waals surface area contributed by atoms with Crippen molar-refractivity contribution in [2.24, 2.45) is 0 Å². The molecule has 21 heavy (non-hydrogen) atoms. The molecule has 0 radical (unpaired) electrons. The van der Waals surface area contributed by atoms with Gasteiger partial charge in [-0.1, -0.05) is 0 Å². The second-order valence-corrected chi connectivity index (χ2v) is 4.90. The van der Waals surface area contributed by atoms with Crippen molar-refractivity contribution in [3.05, 3.63) is 52.8 Å². The number of aromatic nitrogens is 1. The Hall–Kier alpha value is -2.56. The normalized spacial score (nSPS) is 10.2. The third-order valence-electron chi connectivity index (χ3n) is 3.20. The fraction of sp³-hybridized carbons (Fsp3) is 0.250. The number of methoxy groups -OCH3 is 1. The number of amides is 1. The van der Waals surface area contributed by atoms with Crippen LogP contribution in [0.15, 0.2) is 30.3 Å². The first-order chi connectivity index (χ1) is 9.99. The molecule has 0 atom stereocenters. The summed E-state index contributed by atoms with van der Waals surface area (Å²) in [5.74, 6) is -0.491. The Labute approximate surface area is 123 Å². The Balaban J connectivity index is 1.99. The molecule has 0 fully saturated rings. The third kappa shape index (κ3) is 3.72. The van der Waals surface area contributed by atoms with E-state index in [0.717, 1.165) is 17.0 Å². The predicted molar refractivity (Wildman–Crippen MR) is 80.4 cm³/mol. The summed E-state index contributed by atoms with van der Waals surface area (Å²) in [5.41, 5.74) is 4.13. The van der Waals surface area contributed by atoms with Gasteiger partial charge >= 0.3 is 5.97 Å². The van der Waals surface area contributed by atoms with Crippen molar-refractivity contribution in [2.75, 3.05) is 12.4 Å². The van der Waals surface area contributed by atoms with Crippen molar-refractivity contribution < 1.29 is 14.3 Å². The molecule has 5 heteroatoms. The summed E-state index contributed by atoms with van der Waals surface area (Å²) in [4.78, 5) is 26.5. The van der Waals surface area contributed by atoms with Gasteiger partial charge in [0.15, 0.2) is 0 Å². The second kappa shape index (κ2) is 6.26. The molecule has 1 aromatic carbocycles. The molecule has 110 valence electrons. The number of hydrogen-bond acceptors (Lipinski definition) is 3. The summed E-state index contributed by atoms with van der Waals surface area (Å²) < 4.78 is 4.62. The van der Waals surface area contributed by atoms with E-state index in [2.05, 4.69) is 15.0 Å². The molecule has 0 saturated carbocycles. The number of benzene rings is 1. The van der Waals surface area contributed by atoms with Crippen molar-refractivity contribution >= 4 is 17.6 Å². The minimum absolute atomic E-state index is 0.0945. The average Bonchev–Trinajstić information content (AvgIpc) is 2.76. The van der Waals surface area contributed by atoms with Crippen LogP contribution in [0.1, 0.15) is 27.3 Å². The highest BCUT2D eigenvalue weighted by Crippen LogP contribution is 2.13. The number of carbonyl (C=O) groups is 2.